The van der Waals surface area contributed by atoms with Gasteiger partial charge in [-0.2, -0.15) is 0 Å². The number of carbonyl (C=O) groups is 2. The number of benzene rings is 1. The highest BCUT2D eigenvalue weighted by Gasteiger charge is 2.22. The van der Waals surface area contributed by atoms with E-state index in [2.05, 4.69) is 20.2 Å². The van der Waals surface area contributed by atoms with Crippen LogP contribution in [0.3, 0.4) is 0 Å². The zero-order valence-corrected chi connectivity index (χ0v) is 15.2. The van der Waals surface area contributed by atoms with Crippen molar-refractivity contribution in [3.63, 3.8) is 0 Å². The molecule has 2 aromatic rings. The van der Waals surface area contributed by atoms with E-state index in [-0.39, 0.29) is 11.8 Å². The molecule has 0 atom stereocenters. The topological polar surface area (TPSA) is 104 Å². The summed E-state index contributed by atoms with van der Waals surface area (Å²) in [6.45, 7) is 3.08. The van der Waals surface area contributed by atoms with Crippen LogP contribution in [0.2, 0.25) is 0 Å². The van der Waals surface area contributed by atoms with E-state index in [9.17, 15) is 9.59 Å². The summed E-state index contributed by atoms with van der Waals surface area (Å²) in [7, 11) is 0. The number of nitrogens with zero attached hydrogens (tertiary/aromatic N) is 4. The van der Waals surface area contributed by atoms with Crippen LogP contribution in [0, 0.1) is 0 Å². The number of nitrogens with one attached hydrogen (secondary N) is 1. The first-order valence-electron chi connectivity index (χ1n) is 9.04. The van der Waals surface area contributed by atoms with Gasteiger partial charge in [-0.3, -0.25) is 9.59 Å². The van der Waals surface area contributed by atoms with E-state index in [1.807, 2.05) is 29.2 Å². The largest absolute Gasteiger partial charge is 0.339 e. The first kappa shape index (κ1) is 18.8. The van der Waals surface area contributed by atoms with Crippen LogP contribution in [0.15, 0.2) is 42.7 Å². The van der Waals surface area contributed by atoms with Gasteiger partial charge in [0.05, 0.1) is 6.42 Å². The summed E-state index contributed by atoms with van der Waals surface area (Å²) in [4.78, 5) is 36.6. The molecule has 0 spiro atoms. The maximum Gasteiger partial charge on any atom is 0.227 e. The SMILES string of the molecule is NCCC(=O)Nc1ccc(CC(=O)N2CCN(c3ncccn3)CC2)cc1. The van der Waals surface area contributed by atoms with Crippen molar-refractivity contribution in [1.82, 2.24) is 14.9 Å². The standard InChI is InChI=1S/C19H24N6O2/c20-7-6-17(26)23-16-4-2-15(3-5-16)14-18(27)24-10-12-25(13-11-24)19-21-8-1-9-22-19/h1-5,8-9H,6-7,10-14,20H2,(H,23,26). The lowest BCUT2D eigenvalue weighted by Gasteiger charge is -2.34. The highest BCUT2D eigenvalue weighted by atomic mass is 16.2. The molecule has 8 nitrogen and oxygen atoms in total. The van der Waals surface area contributed by atoms with Crippen molar-refractivity contribution in [2.24, 2.45) is 5.73 Å². The average molecular weight is 368 g/mol. The number of amides is 2. The maximum atomic E-state index is 12.6. The van der Waals surface area contributed by atoms with Gasteiger partial charge in [0.25, 0.3) is 0 Å². The molecule has 2 heterocycles. The third-order valence-corrected chi connectivity index (χ3v) is 4.43. The van der Waals surface area contributed by atoms with Crippen LogP contribution in [-0.2, 0) is 16.0 Å². The summed E-state index contributed by atoms with van der Waals surface area (Å²) in [6, 6.07) is 9.13. The van der Waals surface area contributed by atoms with E-state index in [4.69, 9.17) is 5.73 Å². The van der Waals surface area contributed by atoms with Crippen LogP contribution < -0.4 is 16.0 Å². The quantitative estimate of drug-likeness (QED) is 0.776. The number of piperazine rings is 1. The number of rotatable bonds is 6. The molecule has 0 bridgehead atoms. The molecule has 0 saturated carbocycles. The highest BCUT2D eigenvalue weighted by Crippen LogP contribution is 2.14. The molecule has 1 aromatic carbocycles. The molecule has 3 rings (SSSR count). The Hall–Kier alpha value is -3.00. The lowest BCUT2D eigenvalue weighted by atomic mass is 10.1. The molecule has 1 aliphatic heterocycles. The Bertz CT molecular complexity index is 758. The minimum Gasteiger partial charge on any atom is -0.339 e. The van der Waals surface area contributed by atoms with Gasteiger partial charge in [-0.25, -0.2) is 9.97 Å². The van der Waals surface area contributed by atoms with Gasteiger partial charge >= 0.3 is 0 Å². The molecule has 142 valence electrons. The molecule has 8 heteroatoms. The fourth-order valence-corrected chi connectivity index (χ4v) is 2.96. The molecule has 27 heavy (non-hydrogen) atoms. The predicted molar refractivity (Wildman–Crippen MR) is 103 cm³/mol. The van der Waals surface area contributed by atoms with E-state index < -0.39 is 0 Å². The first-order chi connectivity index (χ1) is 13.2. The Kier molecular flexibility index (Phi) is 6.32. The second-order valence-electron chi connectivity index (χ2n) is 6.38. The maximum absolute atomic E-state index is 12.6. The van der Waals surface area contributed by atoms with Crippen LogP contribution in [0.4, 0.5) is 11.6 Å². The van der Waals surface area contributed by atoms with Crippen molar-refractivity contribution in [2.75, 3.05) is 42.9 Å². The zero-order chi connectivity index (χ0) is 19.1. The van der Waals surface area contributed by atoms with Crippen LogP contribution in [0.5, 0.6) is 0 Å². The van der Waals surface area contributed by atoms with Gasteiger partial charge in [-0.15, -0.1) is 0 Å². The molecule has 1 aliphatic rings. The van der Waals surface area contributed by atoms with Gasteiger partial charge in [0.2, 0.25) is 17.8 Å². The van der Waals surface area contributed by atoms with E-state index in [0.717, 1.165) is 18.7 Å². The van der Waals surface area contributed by atoms with Crippen molar-refractivity contribution in [1.29, 1.82) is 0 Å². The molecule has 1 saturated heterocycles. The fourth-order valence-electron chi connectivity index (χ4n) is 2.96. The third-order valence-electron chi connectivity index (χ3n) is 4.43. The molecular formula is C19H24N6O2. The summed E-state index contributed by atoms with van der Waals surface area (Å²) in [6.07, 6.45) is 4.09. The smallest absolute Gasteiger partial charge is 0.227 e. The van der Waals surface area contributed by atoms with Gasteiger partial charge in [0.15, 0.2) is 0 Å². The molecule has 1 fully saturated rings. The van der Waals surface area contributed by atoms with Crippen molar-refractivity contribution < 1.29 is 9.59 Å². The minimum absolute atomic E-state index is 0.101. The van der Waals surface area contributed by atoms with E-state index in [1.165, 1.54) is 0 Å². The van der Waals surface area contributed by atoms with Crippen LogP contribution in [-0.4, -0.2) is 59.4 Å². The highest BCUT2D eigenvalue weighted by molar-refractivity contribution is 5.90. The molecule has 3 N–H and O–H groups in total. The van der Waals surface area contributed by atoms with E-state index in [0.29, 0.717) is 44.1 Å². The Morgan fingerprint density at radius 2 is 1.70 bits per heavy atom. The lowest BCUT2D eigenvalue weighted by molar-refractivity contribution is -0.130. The summed E-state index contributed by atoms with van der Waals surface area (Å²) >= 11 is 0. The summed E-state index contributed by atoms with van der Waals surface area (Å²) < 4.78 is 0. The van der Waals surface area contributed by atoms with Gasteiger partial charge < -0.3 is 20.9 Å². The van der Waals surface area contributed by atoms with Crippen molar-refractivity contribution in [3.8, 4) is 0 Å². The van der Waals surface area contributed by atoms with Crippen LogP contribution in [0.1, 0.15) is 12.0 Å². The molecule has 0 radical (unpaired) electrons. The lowest BCUT2D eigenvalue weighted by Crippen LogP contribution is -2.49. The Balaban J connectivity index is 1.49. The molecular weight excluding hydrogens is 344 g/mol. The monoisotopic (exact) mass is 368 g/mol. The molecule has 2 amide bonds. The Morgan fingerprint density at radius 1 is 1.04 bits per heavy atom. The number of hydrogen-bond acceptors (Lipinski definition) is 6. The summed E-state index contributed by atoms with van der Waals surface area (Å²) in [5.74, 6) is 0.696. The van der Waals surface area contributed by atoms with E-state index >= 15 is 0 Å². The summed E-state index contributed by atoms with van der Waals surface area (Å²) in [5, 5.41) is 2.78. The first-order valence-corrected chi connectivity index (χ1v) is 9.04. The summed E-state index contributed by atoms with van der Waals surface area (Å²) in [5.41, 5.74) is 6.99. The number of anilines is 2. The van der Waals surface area contributed by atoms with Gasteiger partial charge in [-0.05, 0) is 23.8 Å². The molecule has 0 unspecified atom stereocenters. The molecule has 1 aromatic heterocycles. The average Bonchev–Trinajstić information content (AvgIpc) is 2.70. The molecule has 0 aliphatic carbocycles. The number of hydrogen-bond donors (Lipinski definition) is 2. The number of carbonyl (C=O) groups excluding carboxylic acids is 2. The van der Waals surface area contributed by atoms with Crippen molar-refractivity contribution >= 4 is 23.5 Å². The Labute approximate surface area is 158 Å². The fraction of sp³-hybridized carbons (Fsp3) is 0.368. The van der Waals surface area contributed by atoms with Gasteiger partial charge in [0.1, 0.15) is 0 Å². The second-order valence-corrected chi connectivity index (χ2v) is 6.38. The van der Waals surface area contributed by atoms with Crippen LogP contribution >= 0.6 is 0 Å². The van der Waals surface area contributed by atoms with Gasteiger partial charge in [0, 0.05) is 57.2 Å². The number of aromatic nitrogens is 2. The van der Waals surface area contributed by atoms with Crippen LogP contribution in [0.25, 0.3) is 0 Å². The normalized spacial score (nSPS) is 14.1. The van der Waals surface area contributed by atoms with Gasteiger partial charge in [-0.1, -0.05) is 12.1 Å². The Morgan fingerprint density at radius 3 is 2.33 bits per heavy atom. The zero-order valence-electron chi connectivity index (χ0n) is 15.2. The predicted octanol–water partition coefficient (Wildman–Crippen LogP) is 0.655. The van der Waals surface area contributed by atoms with Crippen molar-refractivity contribution in [2.45, 2.75) is 12.8 Å². The van der Waals surface area contributed by atoms with E-state index in [1.54, 1.807) is 18.5 Å². The number of nitrogens with two attached hydrogens (primary N) is 1. The third kappa shape index (κ3) is 5.24. The second kappa shape index (κ2) is 9.09. The minimum atomic E-state index is -0.110. The van der Waals surface area contributed by atoms with Crippen molar-refractivity contribution in [3.05, 3.63) is 48.3 Å².